The zero-order chi connectivity index (χ0) is 17.8. The van der Waals surface area contributed by atoms with Crippen molar-refractivity contribution in [3.8, 4) is 5.69 Å². The molecule has 1 N–H and O–H groups in total. The zero-order valence-corrected chi connectivity index (χ0v) is 15.4. The van der Waals surface area contributed by atoms with Crippen LogP contribution in [0.1, 0.15) is 12.5 Å². The highest BCUT2D eigenvalue weighted by atomic mass is 35.5. The van der Waals surface area contributed by atoms with Crippen molar-refractivity contribution in [3.63, 3.8) is 0 Å². The molecule has 1 unspecified atom stereocenters. The number of hydrogen-bond donors (Lipinski definition) is 1. The highest BCUT2D eigenvalue weighted by molar-refractivity contribution is 8.00. The highest BCUT2D eigenvalue weighted by Crippen LogP contribution is 2.26. The summed E-state index contributed by atoms with van der Waals surface area (Å²) in [5, 5.41) is 12.0. The molecule has 1 aromatic heterocycles. The van der Waals surface area contributed by atoms with Gasteiger partial charge < -0.3 is 5.32 Å². The lowest BCUT2D eigenvalue weighted by atomic mass is 10.2. The van der Waals surface area contributed by atoms with E-state index in [0.717, 1.165) is 11.3 Å². The summed E-state index contributed by atoms with van der Waals surface area (Å²) in [5.74, 6) is -0.105. The summed E-state index contributed by atoms with van der Waals surface area (Å²) in [4.78, 5) is 12.4. The Morgan fingerprint density at radius 2 is 1.92 bits per heavy atom. The number of rotatable bonds is 5. The number of carbonyl (C=O) groups is 1. The van der Waals surface area contributed by atoms with Gasteiger partial charge >= 0.3 is 0 Å². The number of anilines is 1. The van der Waals surface area contributed by atoms with Crippen molar-refractivity contribution in [2.24, 2.45) is 0 Å². The number of aromatic nitrogens is 3. The van der Waals surface area contributed by atoms with Crippen LogP contribution in [0.15, 0.2) is 60.0 Å². The second kappa shape index (κ2) is 7.72. The Kier molecular flexibility index (Phi) is 5.40. The van der Waals surface area contributed by atoms with E-state index < -0.39 is 0 Å². The van der Waals surface area contributed by atoms with Crippen LogP contribution < -0.4 is 5.32 Å². The molecule has 0 saturated carbocycles. The van der Waals surface area contributed by atoms with Crippen LogP contribution in [0.3, 0.4) is 0 Å². The number of aryl methyl sites for hydroxylation is 1. The highest BCUT2D eigenvalue weighted by Gasteiger charge is 2.19. The lowest BCUT2D eigenvalue weighted by molar-refractivity contribution is -0.115. The molecular formula is C18H17ClN4OS. The average Bonchev–Trinajstić information content (AvgIpc) is 3.05. The predicted octanol–water partition coefficient (Wildman–Crippen LogP) is 4.35. The molecule has 0 fully saturated rings. The van der Waals surface area contributed by atoms with Gasteiger partial charge in [-0.05, 0) is 49.7 Å². The fourth-order valence-electron chi connectivity index (χ4n) is 2.29. The van der Waals surface area contributed by atoms with Crippen LogP contribution in [0.4, 0.5) is 5.69 Å². The lowest BCUT2D eigenvalue weighted by Gasteiger charge is -2.13. The van der Waals surface area contributed by atoms with Crippen molar-refractivity contribution in [1.82, 2.24) is 14.8 Å². The van der Waals surface area contributed by atoms with Gasteiger partial charge in [0.05, 0.1) is 10.9 Å². The van der Waals surface area contributed by atoms with E-state index >= 15 is 0 Å². The van der Waals surface area contributed by atoms with E-state index in [1.54, 1.807) is 30.6 Å². The first kappa shape index (κ1) is 17.5. The van der Waals surface area contributed by atoms with Gasteiger partial charge in [0.15, 0.2) is 5.16 Å². The first-order chi connectivity index (χ1) is 12.0. The van der Waals surface area contributed by atoms with E-state index in [1.807, 2.05) is 42.7 Å². The third-order valence-corrected chi connectivity index (χ3v) is 4.96. The normalized spacial score (nSPS) is 12.0. The van der Waals surface area contributed by atoms with Gasteiger partial charge in [-0.3, -0.25) is 9.36 Å². The fraction of sp³-hybridized carbons (Fsp3) is 0.167. The number of thioether (sulfide) groups is 1. The quantitative estimate of drug-likeness (QED) is 0.676. The van der Waals surface area contributed by atoms with Gasteiger partial charge in [0.25, 0.3) is 0 Å². The number of benzene rings is 2. The molecule has 2 aromatic carbocycles. The van der Waals surface area contributed by atoms with E-state index in [1.165, 1.54) is 11.8 Å². The smallest absolute Gasteiger partial charge is 0.237 e. The molecule has 0 radical (unpaired) electrons. The Bertz CT molecular complexity index is 879. The van der Waals surface area contributed by atoms with Gasteiger partial charge in [0.1, 0.15) is 6.33 Å². The van der Waals surface area contributed by atoms with Crippen molar-refractivity contribution >= 4 is 35.0 Å². The minimum Gasteiger partial charge on any atom is -0.325 e. The Morgan fingerprint density at radius 1 is 1.20 bits per heavy atom. The van der Waals surface area contributed by atoms with Crippen molar-refractivity contribution < 1.29 is 4.79 Å². The summed E-state index contributed by atoms with van der Waals surface area (Å²) in [7, 11) is 0. The van der Waals surface area contributed by atoms with E-state index in [-0.39, 0.29) is 11.2 Å². The molecule has 0 aliphatic carbocycles. The number of para-hydroxylation sites is 1. The van der Waals surface area contributed by atoms with Gasteiger partial charge in [-0.2, -0.15) is 0 Å². The van der Waals surface area contributed by atoms with Crippen LogP contribution in [0.2, 0.25) is 5.02 Å². The first-order valence-corrected chi connectivity index (χ1v) is 8.99. The van der Waals surface area contributed by atoms with Crippen LogP contribution in [0.5, 0.6) is 0 Å². The molecule has 25 heavy (non-hydrogen) atoms. The molecule has 5 nitrogen and oxygen atoms in total. The number of nitrogens with one attached hydrogen (secondary N) is 1. The molecule has 0 aliphatic rings. The Hall–Kier alpha value is -2.31. The minimum atomic E-state index is -0.331. The second-order valence-electron chi connectivity index (χ2n) is 5.53. The lowest BCUT2D eigenvalue weighted by Crippen LogP contribution is -2.22. The fourth-order valence-corrected chi connectivity index (χ4v) is 3.25. The van der Waals surface area contributed by atoms with Crippen LogP contribution in [0.25, 0.3) is 5.69 Å². The van der Waals surface area contributed by atoms with Gasteiger partial charge in [-0.15, -0.1) is 10.2 Å². The molecule has 1 amide bonds. The topological polar surface area (TPSA) is 59.8 Å². The van der Waals surface area contributed by atoms with Crippen LogP contribution in [-0.2, 0) is 4.79 Å². The number of amides is 1. The van der Waals surface area contributed by atoms with Gasteiger partial charge in [0, 0.05) is 10.7 Å². The first-order valence-electron chi connectivity index (χ1n) is 7.73. The Labute approximate surface area is 155 Å². The average molecular weight is 373 g/mol. The monoisotopic (exact) mass is 372 g/mol. The van der Waals surface area contributed by atoms with Gasteiger partial charge in [0.2, 0.25) is 5.91 Å². The number of halogens is 1. The molecule has 1 atom stereocenters. The molecule has 7 heteroatoms. The molecule has 1 heterocycles. The van der Waals surface area contributed by atoms with E-state index in [9.17, 15) is 4.79 Å². The molecular weight excluding hydrogens is 356 g/mol. The summed E-state index contributed by atoms with van der Waals surface area (Å²) in [6, 6.07) is 15.0. The maximum atomic E-state index is 12.4. The third kappa shape index (κ3) is 4.21. The summed E-state index contributed by atoms with van der Waals surface area (Å²) in [6.45, 7) is 3.87. The molecule has 128 valence electrons. The van der Waals surface area contributed by atoms with Crippen molar-refractivity contribution in [2.45, 2.75) is 24.3 Å². The Balaban J connectivity index is 1.72. The molecule has 3 rings (SSSR count). The summed E-state index contributed by atoms with van der Waals surface area (Å²) < 4.78 is 1.89. The van der Waals surface area contributed by atoms with E-state index in [0.29, 0.717) is 15.9 Å². The van der Waals surface area contributed by atoms with Crippen LogP contribution >= 0.6 is 23.4 Å². The maximum Gasteiger partial charge on any atom is 0.237 e. The second-order valence-corrected chi connectivity index (χ2v) is 7.27. The molecule has 0 spiro atoms. The van der Waals surface area contributed by atoms with E-state index in [2.05, 4.69) is 15.5 Å². The largest absolute Gasteiger partial charge is 0.325 e. The van der Waals surface area contributed by atoms with Crippen molar-refractivity contribution in [3.05, 3.63) is 65.4 Å². The minimum absolute atomic E-state index is 0.105. The SMILES string of the molecule is Cc1ccccc1-n1cnnc1SC(C)C(=O)Nc1ccc(Cl)cc1. The molecule has 3 aromatic rings. The van der Waals surface area contributed by atoms with Gasteiger partial charge in [-0.1, -0.05) is 41.6 Å². The van der Waals surface area contributed by atoms with E-state index in [4.69, 9.17) is 11.6 Å². The summed E-state index contributed by atoms with van der Waals surface area (Å²) >= 11 is 7.22. The molecule has 0 aliphatic heterocycles. The van der Waals surface area contributed by atoms with Crippen molar-refractivity contribution in [2.75, 3.05) is 5.32 Å². The summed E-state index contributed by atoms with van der Waals surface area (Å²) in [6.07, 6.45) is 1.66. The van der Waals surface area contributed by atoms with Gasteiger partial charge in [-0.25, -0.2) is 0 Å². The Morgan fingerprint density at radius 3 is 2.64 bits per heavy atom. The summed E-state index contributed by atoms with van der Waals surface area (Å²) in [5.41, 5.74) is 2.82. The maximum absolute atomic E-state index is 12.4. The number of nitrogens with zero attached hydrogens (tertiary/aromatic N) is 3. The number of carbonyl (C=O) groups excluding carboxylic acids is 1. The van der Waals surface area contributed by atoms with Crippen molar-refractivity contribution in [1.29, 1.82) is 0 Å². The van der Waals surface area contributed by atoms with Crippen LogP contribution in [-0.4, -0.2) is 25.9 Å². The number of hydrogen-bond acceptors (Lipinski definition) is 4. The molecule has 0 saturated heterocycles. The third-order valence-electron chi connectivity index (χ3n) is 3.65. The zero-order valence-electron chi connectivity index (χ0n) is 13.8. The van der Waals surface area contributed by atoms with Crippen LogP contribution in [0, 0.1) is 6.92 Å². The molecule has 0 bridgehead atoms. The standard InChI is InChI=1S/C18H17ClN4OS/c1-12-5-3-4-6-16(12)23-11-20-22-18(23)25-13(2)17(24)21-15-9-7-14(19)8-10-15/h3-11,13H,1-2H3,(H,21,24). The predicted molar refractivity (Wildman–Crippen MR) is 101 cm³/mol.